The van der Waals surface area contributed by atoms with Crippen LogP contribution in [0.2, 0.25) is 0 Å². The first-order valence-corrected chi connectivity index (χ1v) is 7.51. The summed E-state index contributed by atoms with van der Waals surface area (Å²) in [6.07, 6.45) is 0.807. The van der Waals surface area contributed by atoms with Crippen LogP contribution in [-0.4, -0.2) is 53.8 Å². The Balaban J connectivity index is 1.91. The molecule has 0 saturated carbocycles. The SMILES string of the molecule is CN1CCC(C(=O)Nc2ccc(C(=O)NCC(=O)O)cc2)CC1=O. The zero-order valence-corrected chi connectivity index (χ0v) is 13.2. The third kappa shape index (κ3) is 4.55. The van der Waals surface area contributed by atoms with Gasteiger partial charge in [0, 0.05) is 37.2 Å². The van der Waals surface area contributed by atoms with Gasteiger partial charge in [-0.15, -0.1) is 0 Å². The van der Waals surface area contributed by atoms with Crippen LogP contribution in [-0.2, 0) is 14.4 Å². The highest BCUT2D eigenvalue weighted by Crippen LogP contribution is 2.19. The summed E-state index contributed by atoms with van der Waals surface area (Å²) in [5, 5.41) is 13.5. The van der Waals surface area contributed by atoms with E-state index in [0.29, 0.717) is 24.2 Å². The van der Waals surface area contributed by atoms with E-state index in [9.17, 15) is 19.2 Å². The number of carboxylic acids is 1. The Bertz CT molecular complexity index is 656. The predicted molar refractivity (Wildman–Crippen MR) is 85.4 cm³/mol. The molecule has 1 unspecified atom stereocenters. The standard InChI is InChI=1S/C16H19N3O5/c1-19-7-6-11(8-13(19)20)16(24)18-12-4-2-10(3-5-12)15(23)17-9-14(21)22/h2-5,11H,6-9H2,1H3,(H,17,23)(H,18,24)(H,21,22). The first-order chi connectivity index (χ1) is 11.4. The summed E-state index contributed by atoms with van der Waals surface area (Å²) < 4.78 is 0. The Morgan fingerprint density at radius 1 is 1.25 bits per heavy atom. The van der Waals surface area contributed by atoms with Crippen LogP contribution in [0.5, 0.6) is 0 Å². The van der Waals surface area contributed by atoms with Gasteiger partial charge in [-0.05, 0) is 30.7 Å². The van der Waals surface area contributed by atoms with Crippen molar-refractivity contribution in [3.63, 3.8) is 0 Å². The quantitative estimate of drug-likeness (QED) is 0.717. The van der Waals surface area contributed by atoms with Crippen LogP contribution in [0.1, 0.15) is 23.2 Å². The fraction of sp³-hybridized carbons (Fsp3) is 0.375. The average molecular weight is 333 g/mol. The van der Waals surface area contributed by atoms with E-state index in [1.165, 1.54) is 12.1 Å². The number of carboxylic acid groups (broad SMARTS) is 1. The maximum absolute atomic E-state index is 12.2. The summed E-state index contributed by atoms with van der Waals surface area (Å²) in [5.74, 6) is -2.25. The molecule has 3 N–H and O–H groups in total. The number of likely N-dealkylation sites (tertiary alicyclic amines) is 1. The Labute approximate surface area is 138 Å². The fourth-order valence-electron chi connectivity index (χ4n) is 2.37. The second-order valence-corrected chi connectivity index (χ2v) is 5.65. The number of carbonyl (C=O) groups is 4. The molecule has 1 aliphatic heterocycles. The number of nitrogens with one attached hydrogen (secondary N) is 2. The van der Waals surface area contributed by atoms with Gasteiger partial charge in [0.25, 0.3) is 5.91 Å². The summed E-state index contributed by atoms with van der Waals surface area (Å²) >= 11 is 0. The summed E-state index contributed by atoms with van der Waals surface area (Å²) in [7, 11) is 1.71. The summed E-state index contributed by atoms with van der Waals surface area (Å²) in [5.41, 5.74) is 0.810. The number of amides is 3. The van der Waals surface area contributed by atoms with Crippen LogP contribution in [0, 0.1) is 5.92 Å². The summed E-state index contributed by atoms with van der Waals surface area (Å²) in [4.78, 5) is 47.6. The minimum atomic E-state index is -1.13. The van der Waals surface area contributed by atoms with E-state index in [2.05, 4.69) is 10.6 Å². The van der Waals surface area contributed by atoms with Crippen molar-refractivity contribution in [1.82, 2.24) is 10.2 Å². The topological polar surface area (TPSA) is 116 Å². The highest BCUT2D eigenvalue weighted by molar-refractivity contribution is 5.98. The van der Waals surface area contributed by atoms with Crippen molar-refractivity contribution >= 4 is 29.4 Å². The lowest BCUT2D eigenvalue weighted by atomic mass is 9.95. The summed E-state index contributed by atoms with van der Waals surface area (Å²) in [6, 6.07) is 6.11. The zero-order valence-electron chi connectivity index (χ0n) is 13.2. The summed E-state index contributed by atoms with van der Waals surface area (Å²) in [6.45, 7) is 0.0983. The molecule has 1 atom stereocenters. The van der Waals surface area contributed by atoms with Gasteiger partial charge in [0.1, 0.15) is 6.54 Å². The number of hydrogen-bond donors (Lipinski definition) is 3. The third-order valence-corrected chi connectivity index (χ3v) is 3.85. The highest BCUT2D eigenvalue weighted by Gasteiger charge is 2.28. The second-order valence-electron chi connectivity index (χ2n) is 5.65. The first-order valence-electron chi connectivity index (χ1n) is 7.51. The van der Waals surface area contributed by atoms with Crippen molar-refractivity contribution in [3.8, 4) is 0 Å². The molecule has 1 aromatic rings. The molecular formula is C16H19N3O5. The van der Waals surface area contributed by atoms with E-state index in [4.69, 9.17) is 5.11 Å². The maximum atomic E-state index is 12.2. The van der Waals surface area contributed by atoms with Crippen LogP contribution in [0.4, 0.5) is 5.69 Å². The average Bonchev–Trinajstić information content (AvgIpc) is 2.55. The normalized spacial score (nSPS) is 17.3. The van der Waals surface area contributed by atoms with Crippen LogP contribution in [0.3, 0.4) is 0 Å². The molecule has 0 radical (unpaired) electrons. The number of carbonyl (C=O) groups excluding carboxylic acids is 3. The molecule has 0 spiro atoms. The molecule has 1 saturated heterocycles. The number of anilines is 1. The van der Waals surface area contributed by atoms with Gasteiger partial charge in [-0.25, -0.2) is 0 Å². The van der Waals surface area contributed by atoms with Gasteiger partial charge in [0.15, 0.2) is 0 Å². The maximum Gasteiger partial charge on any atom is 0.322 e. The fourth-order valence-corrected chi connectivity index (χ4v) is 2.37. The molecule has 0 aliphatic carbocycles. The second kappa shape index (κ2) is 7.58. The van der Waals surface area contributed by atoms with Gasteiger partial charge in [-0.1, -0.05) is 0 Å². The number of hydrogen-bond acceptors (Lipinski definition) is 4. The van der Waals surface area contributed by atoms with Crippen molar-refractivity contribution in [2.75, 3.05) is 25.5 Å². The van der Waals surface area contributed by atoms with Gasteiger partial charge in [-0.3, -0.25) is 19.2 Å². The lowest BCUT2D eigenvalue weighted by Gasteiger charge is -2.27. The van der Waals surface area contributed by atoms with Crippen molar-refractivity contribution in [3.05, 3.63) is 29.8 Å². The molecule has 0 aromatic heterocycles. The van der Waals surface area contributed by atoms with Gasteiger partial charge in [-0.2, -0.15) is 0 Å². The van der Waals surface area contributed by atoms with E-state index < -0.39 is 18.4 Å². The number of benzene rings is 1. The molecule has 8 heteroatoms. The van der Waals surface area contributed by atoms with Crippen molar-refractivity contribution in [1.29, 1.82) is 0 Å². The first kappa shape index (κ1) is 17.5. The molecular weight excluding hydrogens is 314 g/mol. The zero-order chi connectivity index (χ0) is 17.7. The number of rotatable bonds is 5. The molecule has 1 aromatic carbocycles. The van der Waals surface area contributed by atoms with E-state index in [0.717, 1.165) is 0 Å². The molecule has 1 fully saturated rings. The van der Waals surface area contributed by atoms with Crippen LogP contribution >= 0.6 is 0 Å². The van der Waals surface area contributed by atoms with Gasteiger partial charge in [0.2, 0.25) is 11.8 Å². The molecule has 1 aliphatic rings. The highest BCUT2D eigenvalue weighted by atomic mass is 16.4. The molecule has 3 amide bonds. The number of nitrogens with zero attached hydrogens (tertiary/aromatic N) is 1. The minimum absolute atomic E-state index is 0.0492. The largest absolute Gasteiger partial charge is 0.480 e. The Hall–Kier alpha value is -2.90. The van der Waals surface area contributed by atoms with E-state index in [-0.39, 0.29) is 24.2 Å². The van der Waals surface area contributed by atoms with E-state index >= 15 is 0 Å². The van der Waals surface area contributed by atoms with E-state index in [1.54, 1.807) is 24.1 Å². The van der Waals surface area contributed by atoms with Gasteiger partial charge < -0.3 is 20.6 Å². The smallest absolute Gasteiger partial charge is 0.322 e. The molecule has 0 bridgehead atoms. The monoisotopic (exact) mass is 333 g/mol. The minimum Gasteiger partial charge on any atom is -0.480 e. The molecule has 2 rings (SSSR count). The van der Waals surface area contributed by atoms with Crippen LogP contribution < -0.4 is 10.6 Å². The lowest BCUT2D eigenvalue weighted by Crippen LogP contribution is -2.39. The third-order valence-electron chi connectivity index (χ3n) is 3.85. The van der Waals surface area contributed by atoms with Crippen LogP contribution in [0.15, 0.2) is 24.3 Å². The molecule has 8 nitrogen and oxygen atoms in total. The van der Waals surface area contributed by atoms with Crippen molar-refractivity contribution in [2.45, 2.75) is 12.8 Å². The van der Waals surface area contributed by atoms with Crippen molar-refractivity contribution in [2.24, 2.45) is 5.92 Å². The number of piperidine rings is 1. The molecule has 1 heterocycles. The van der Waals surface area contributed by atoms with Gasteiger partial charge in [0.05, 0.1) is 0 Å². The number of aliphatic carboxylic acids is 1. The Morgan fingerprint density at radius 3 is 2.50 bits per heavy atom. The van der Waals surface area contributed by atoms with E-state index in [1.807, 2.05) is 0 Å². The Morgan fingerprint density at radius 2 is 1.92 bits per heavy atom. The predicted octanol–water partition coefficient (Wildman–Crippen LogP) is 0.308. The molecule has 128 valence electrons. The van der Waals surface area contributed by atoms with Crippen LogP contribution in [0.25, 0.3) is 0 Å². The molecule has 24 heavy (non-hydrogen) atoms. The lowest BCUT2D eigenvalue weighted by molar-refractivity contribution is -0.137. The van der Waals surface area contributed by atoms with Gasteiger partial charge >= 0.3 is 5.97 Å². The Kier molecular flexibility index (Phi) is 5.51. The van der Waals surface area contributed by atoms with Crippen molar-refractivity contribution < 1.29 is 24.3 Å².